The van der Waals surface area contributed by atoms with E-state index >= 15 is 0 Å². The number of hydrogen-bond donors (Lipinski definition) is 3. The molecule has 4 rings (SSSR count). The number of aromatic nitrogens is 2. The Morgan fingerprint density at radius 2 is 2.22 bits per heavy atom. The number of rotatable bonds is 5. The van der Waals surface area contributed by atoms with Gasteiger partial charge in [-0.2, -0.15) is 5.26 Å². The zero-order chi connectivity index (χ0) is 22.8. The van der Waals surface area contributed by atoms with E-state index in [4.69, 9.17) is 26.8 Å². The third kappa shape index (κ3) is 4.28. The van der Waals surface area contributed by atoms with E-state index in [0.29, 0.717) is 33.5 Å². The van der Waals surface area contributed by atoms with Crippen molar-refractivity contribution in [2.75, 3.05) is 11.9 Å². The number of nitriles is 1. The van der Waals surface area contributed by atoms with Gasteiger partial charge in [0.05, 0.1) is 5.92 Å². The Labute approximate surface area is 197 Å². The topological polar surface area (TPSA) is 126 Å². The molecule has 1 aliphatic heterocycles. The van der Waals surface area contributed by atoms with E-state index in [1.54, 1.807) is 36.4 Å². The molecule has 2 aromatic carbocycles. The highest BCUT2D eigenvalue weighted by Crippen LogP contribution is 2.46. The Hall–Kier alpha value is -3.48. The predicted octanol–water partition coefficient (Wildman–Crippen LogP) is 4.37. The standard InChI is InChI=1S/C22H17BrClN5O3/c1-11-19-20(16(9-25)21(26)32-22(19)29-28-11)15-7-12(23)5-6-17(15)31-10-18(30)27-14-4-2-3-13(24)8-14/h2-8,20H,10,26H2,1H3,(H,27,30)(H,28,29). The number of H-pyrrole nitrogens is 1. The van der Waals surface area contributed by atoms with Gasteiger partial charge < -0.3 is 20.5 Å². The molecular weight excluding hydrogens is 498 g/mol. The third-order valence-electron chi connectivity index (χ3n) is 4.88. The fourth-order valence-electron chi connectivity index (χ4n) is 3.49. The minimum absolute atomic E-state index is 0.0267. The molecule has 0 fully saturated rings. The first-order valence-corrected chi connectivity index (χ1v) is 10.6. The van der Waals surface area contributed by atoms with Crippen LogP contribution in [0.15, 0.2) is 58.4 Å². The Kier molecular flexibility index (Phi) is 6.08. The van der Waals surface area contributed by atoms with Gasteiger partial charge in [-0.3, -0.25) is 9.89 Å². The van der Waals surface area contributed by atoms with Gasteiger partial charge in [0.15, 0.2) is 6.61 Å². The monoisotopic (exact) mass is 513 g/mol. The zero-order valence-corrected chi connectivity index (χ0v) is 19.1. The summed E-state index contributed by atoms with van der Waals surface area (Å²) in [6, 6.07) is 14.3. The molecule has 1 unspecified atom stereocenters. The van der Waals surface area contributed by atoms with Gasteiger partial charge in [0.2, 0.25) is 11.8 Å². The molecule has 10 heteroatoms. The highest BCUT2D eigenvalue weighted by molar-refractivity contribution is 9.10. The number of nitrogens with two attached hydrogens (primary N) is 1. The lowest BCUT2D eigenvalue weighted by Crippen LogP contribution is -2.23. The first-order valence-electron chi connectivity index (χ1n) is 9.47. The van der Waals surface area contributed by atoms with Crippen molar-refractivity contribution >= 4 is 39.1 Å². The van der Waals surface area contributed by atoms with Gasteiger partial charge in [-0.1, -0.05) is 33.6 Å². The number of ether oxygens (including phenoxy) is 2. The normalized spacial score (nSPS) is 14.9. The lowest BCUT2D eigenvalue weighted by atomic mass is 9.83. The maximum atomic E-state index is 12.4. The van der Waals surface area contributed by atoms with Crippen LogP contribution < -0.4 is 20.5 Å². The van der Waals surface area contributed by atoms with Crippen molar-refractivity contribution in [2.24, 2.45) is 5.73 Å². The summed E-state index contributed by atoms with van der Waals surface area (Å²) in [7, 11) is 0. The van der Waals surface area contributed by atoms with E-state index in [1.165, 1.54) is 0 Å². The second-order valence-electron chi connectivity index (χ2n) is 7.02. The van der Waals surface area contributed by atoms with Crippen LogP contribution in [-0.4, -0.2) is 22.7 Å². The number of allylic oxidation sites excluding steroid dienone is 1. The quantitative estimate of drug-likeness (QED) is 0.464. The Balaban J connectivity index is 1.65. The van der Waals surface area contributed by atoms with Gasteiger partial charge in [-0.25, -0.2) is 0 Å². The lowest BCUT2D eigenvalue weighted by molar-refractivity contribution is -0.118. The molecule has 0 spiro atoms. The molecule has 32 heavy (non-hydrogen) atoms. The molecule has 2 heterocycles. The summed E-state index contributed by atoms with van der Waals surface area (Å²) in [5.41, 5.74) is 8.85. The van der Waals surface area contributed by atoms with Gasteiger partial charge in [0.1, 0.15) is 17.4 Å². The minimum atomic E-state index is -0.578. The fraction of sp³-hybridized carbons (Fsp3) is 0.136. The Morgan fingerprint density at radius 1 is 1.41 bits per heavy atom. The van der Waals surface area contributed by atoms with Gasteiger partial charge in [0, 0.05) is 32.0 Å². The number of hydrogen-bond acceptors (Lipinski definition) is 6. The second-order valence-corrected chi connectivity index (χ2v) is 8.37. The number of benzene rings is 2. The highest BCUT2D eigenvalue weighted by atomic mass is 79.9. The molecule has 1 amide bonds. The summed E-state index contributed by atoms with van der Waals surface area (Å²) in [5.74, 6) is -0.238. The van der Waals surface area contributed by atoms with Crippen LogP contribution in [0.3, 0.4) is 0 Å². The summed E-state index contributed by atoms with van der Waals surface area (Å²) >= 11 is 9.43. The highest BCUT2D eigenvalue weighted by Gasteiger charge is 2.36. The molecule has 0 bridgehead atoms. The van der Waals surface area contributed by atoms with Crippen LogP contribution in [-0.2, 0) is 4.79 Å². The number of aromatic amines is 1. The second kappa shape index (κ2) is 8.94. The average Bonchev–Trinajstić information content (AvgIpc) is 3.12. The molecular formula is C22H17BrClN5O3. The van der Waals surface area contributed by atoms with Crippen LogP contribution >= 0.6 is 27.5 Å². The maximum Gasteiger partial charge on any atom is 0.262 e. The first-order chi connectivity index (χ1) is 15.4. The van der Waals surface area contributed by atoms with Crippen LogP contribution in [0.4, 0.5) is 5.69 Å². The molecule has 1 aliphatic rings. The smallest absolute Gasteiger partial charge is 0.262 e. The van der Waals surface area contributed by atoms with Crippen LogP contribution in [0.5, 0.6) is 11.6 Å². The lowest BCUT2D eigenvalue weighted by Gasteiger charge is -2.25. The number of anilines is 1. The van der Waals surface area contributed by atoms with E-state index in [1.807, 2.05) is 13.0 Å². The molecule has 1 atom stereocenters. The number of carbonyl (C=O) groups excluding carboxylic acids is 1. The van der Waals surface area contributed by atoms with Crippen LogP contribution in [0.1, 0.15) is 22.7 Å². The fourth-order valence-corrected chi connectivity index (χ4v) is 4.06. The Morgan fingerprint density at radius 3 is 2.97 bits per heavy atom. The summed E-state index contributed by atoms with van der Waals surface area (Å²) in [5, 5.41) is 20.0. The largest absolute Gasteiger partial charge is 0.483 e. The number of aryl methyl sites for hydroxylation is 1. The number of nitrogens with one attached hydrogen (secondary N) is 2. The van der Waals surface area contributed by atoms with Crippen molar-refractivity contribution in [2.45, 2.75) is 12.8 Å². The Bertz CT molecular complexity index is 1280. The molecule has 8 nitrogen and oxygen atoms in total. The molecule has 3 aromatic rings. The minimum Gasteiger partial charge on any atom is -0.483 e. The van der Waals surface area contributed by atoms with Crippen molar-refractivity contribution in [3.8, 4) is 17.7 Å². The predicted molar refractivity (Wildman–Crippen MR) is 122 cm³/mol. The molecule has 0 radical (unpaired) electrons. The van der Waals surface area contributed by atoms with Crippen LogP contribution in [0.2, 0.25) is 5.02 Å². The average molecular weight is 515 g/mol. The van der Waals surface area contributed by atoms with E-state index in [0.717, 1.165) is 10.2 Å². The van der Waals surface area contributed by atoms with E-state index in [9.17, 15) is 10.1 Å². The van der Waals surface area contributed by atoms with Crippen molar-refractivity contribution in [3.05, 3.63) is 80.2 Å². The van der Waals surface area contributed by atoms with Gasteiger partial charge in [0.25, 0.3) is 5.91 Å². The molecule has 0 aliphatic carbocycles. The number of nitrogens with zero attached hydrogens (tertiary/aromatic N) is 2. The van der Waals surface area contributed by atoms with Crippen molar-refractivity contribution in [3.63, 3.8) is 0 Å². The molecule has 0 saturated heterocycles. The summed E-state index contributed by atoms with van der Waals surface area (Å²) < 4.78 is 12.1. The van der Waals surface area contributed by atoms with E-state index < -0.39 is 5.92 Å². The number of halogens is 2. The first kappa shape index (κ1) is 21.7. The van der Waals surface area contributed by atoms with Gasteiger partial charge in [-0.15, -0.1) is 5.10 Å². The van der Waals surface area contributed by atoms with Gasteiger partial charge in [-0.05, 0) is 43.3 Å². The van der Waals surface area contributed by atoms with Crippen molar-refractivity contribution < 1.29 is 14.3 Å². The molecule has 162 valence electrons. The summed E-state index contributed by atoms with van der Waals surface area (Å²) in [6.45, 7) is 1.58. The summed E-state index contributed by atoms with van der Waals surface area (Å²) in [4.78, 5) is 12.4. The third-order valence-corrected chi connectivity index (χ3v) is 5.61. The SMILES string of the molecule is Cc1[nH]nc2c1C(c1cc(Br)ccc1OCC(=O)Nc1cccc(Cl)c1)C(C#N)=C(N)O2. The van der Waals surface area contributed by atoms with Crippen molar-refractivity contribution in [1.29, 1.82) is 5.26 Å². The number of carbonyl (C=O) groups is 1. The number of fused-ring (bicyclic) bond motifs is 1. The maximum absolute atomic E-state index is 12.4. The van der Waals surface area contributed by atoms with Gasteiger partial charge >= 0.3 is 0 Å². The number of amides is 1. The molecule has 1 aromatic heterocycles. The van der Waals surface area contributed by atoms with Crippen LogP contribution in [0, 0.1) is 18.3 Å². The van der Waals surface area contributed by atoms with E-state index in [2.05, 4.69) is 37.5 Å². The van der Waals surface area contributed by atoms with E-state index in [-0.39, 0.29) is 24.0 Å². The van der Waals surface area contributed by atoms with Crippen molar-refractivity contribution in [1.82, 2.24) is 10.2 Å². The molecule has 4 N–H and O–H groups in total. The summed E-state index contributed by atoms with van der Waals surface area (Å²) in [6.07, 6.45) is 0. The zero-order valence-electron chi connectivity index (χ0n) is 16.8. The van der Waals surface area contributed by atoms with Crippen LogP contribution in [0.25, 0.3) is 0 Å². The molecule has 0 saturated carbocycles.